The van der Waals surface area contributed by atoms with Crippen LogP contribution in [0.3, 0.4) is 0 Å². The Bertz CT molecular complexity index is 513. The number of hydrogen-bond acceptors (Lipinski definition) is 1. The quantitative estimate of drug-likeness (QED) is 0.775. The van der Waals surface area contributed by atoms with Crippen molar-refractivity contribution in [3.8, 4) is 0 Å². The zero-order chi connectivity index (χ0) is 10.8. The Balaban J connectivity index is 2.60. The van der Waals surface area contributed by atoms with Gasteiger partial charge in [0.25, 0.3) is 0 Å². The second-order valence-corrected chi connectivity index (χ2v) is 3.30. The molecule has 76 valence electrons. The Morgan fingerprint density at radius 1 is 1.40 bits per heavy atom. The van der Waals surface area contributed by atoms with Crippen molar-refractivity contribution in [2.24, 2.45) is 0 Å². The molecule has 1 aromatic carbocycles. The van der Waals surface area contributed by atoms with Crippen molar-refractivity contribution in [3.05, 3.63) is 49.2 Å². The summed E-state index contributed by atoms with van der Waals surface area (Å²) in [4.78, 5) is 11.0. The summed E-state index contributed by atoms with van der Waals surface area (Å²) in [6.45, 7) is 3.54. The van der Waals surface area contributed by atoms with Gasteiger partial charge >= 0.3 is 5.97 Å². The van der Waals surface area contributed by atoms with Gasteiger partial charge in [0.1, 0.15) is 6.04 Å². The summed E-state index contributed by atoms with van der Waals surface area (Å²) >= 11 is 0. The number of hydrogen-bond donors (Lipinski definition) is 1. The third kappa shape index (κ3) is 1.52. The van der Waals surface area contributed by atoms with Crippen LogP contribution in [-0.2, 0) is 4.79 Å². The first-order valence-corrected chi connectivity index (χ1v) is 4.65. The number of carbonyl (C=O) groups is 1. The van der Waals surface area contributed by atoms with E-state index < -0.39 is 12.0 Å². The number of nitrogens with zero attached hydrogens (tertiary/aromatic N) is 1. The van der Waals surface area contributed by atoms with Crippen molar-refractivity contribution in [2.45, 2.75) is 6.04 Å². The highest BCUT2D eigenvalue weighted by Gasteiger charge is 2.16. The molecule has 0 radical (unpaired) electrons. The number of rotatable bonds is 3. The molecule has 0 amide bonds. The van der Waals surface area contributed by atoms with Crippen molar-refractivity contribution >= 4 is 16.9 Å². The second kappa shape index (κ2) is 3.61. The molecule has 0 spiro atoms. The zero-order valence-corrected chi connectivity index (χ0v) is 8.13. The summed E-state index contributed by atoms with van der Waals surface area (Å²) in [6, 6.07) is 8.86. The monoisotopic (exact) mass is 201 g/mol. The van der Waals surface area contributed by atoms with Gasteiger partial charge in [-0.25, -0.2) is 4.79 Å². The summed E-state index contributed by atoms with van der Waals surface area (Å²) in [5.74, 6) is -0.897. The summed E-state index contributed by atoms with van der Waals surface area (Å²) in [7, 11) is 0. The topological polar surface area (TPSA) is 42.2 Å². The van der Waals surface area contributed by atoms with Crippen LogP contribution in [0, 0.1) is 0 Å². The number of benzene rings is 1. The molecule has 2 aromatic rings. The van der Waals surface area contributed by atoms with E-state index in [0.717, 1.165) is 10.9 Å². The van der Waals surface area contributed by atoms with Crippen LogP contribution >= 0.6 is 0 Å². The van der Waals surface area contributed by atoms with Gasteiger partial charge in [0, 0.05) is 11.7 Å². The molecule has 0 aliphatic heterocycles. The molecule has 1 heterocycles. The van der Waals surface area contributed by atoms with Crippen molar-refractivity contribution in [3.63, 3.8) is 0 Å². The fraction of sp³-hybridized carbons (Fsp3) is 0.0833. The third-order valence-corrected chi connectivity index (χ3v) is 2.41. The van der Waals surface area contributed by atoms with E-state index in [2.05, 4.69) is 6.58 Å². The Morgan fingerprint density at radius 3 is 2.80 bits per heavy atom. The van der Waals surface area contributed by atoms with Gasteiger partial charge < -0.3 is 9.67 Å². The SMILES string of the molecule is C=CC(C(=O)O)n1ccc2ccccc21. The van der Waals surface area contributed by atoms with E-state index in [-0.39, 0.29) is 0 Å². The van der Waals surface area contributed by atoms with Gasteiger partial charge in [-0.1, -0.05) is 24.3 Å². The molecular formula is C12H11NO2. The van der Waals surface area contributed by atoms with Crippen LogP contribution in [0.4, 0.5) is 0 Å². The molecule has 0 aliphatic carbocycles. The van der Waals surface area contributed by atoms with Crippen LogP contribution in [0.2, 0.25) is 0 Å². The maximum absolute atomic E-state index is 11.0. The average molecular weight is 201 g/mol. The van der Waals surface area contributed by atoms with Crippen LogP contribution in [0.1, 0.15) is 6.04 Å². The molecule has 0 saturated heterocycles. The van der Waals surface area contributed by atoms with Crippen LogP contribution in [0.5, 0.6) is 0 Å². The first-order chi connectivity index (χ1) is 7.24. The minimum atomic E-state index is -0.897. The molecule has 1 N–H and O–H groups in total. The number of carboxylic acids is 1. The highest BCUT2D eigenvalue weighted by Crippen LogP contribution is 2.20. The summed E-state index contributed by atoms with van der Waals surface area (Å²) in [5, 5.41) is 10.0. The highest BCUT2D eigenvalue weighted by atomic mass is 16.4. The number of fused-ring (bicyclic) bond motifs is 1. The van der Waals surface area contributed by atoms with Crippen LogP contribution < -0.4 is 0 Å². The molecule has 1 atom stereocenters. The standard InChI is InChI=1S/C12H11NO2/c1-2-10(12(14)15)13-8-7-9-5-3-4-6-11(9)13/h2-8,10H,1H2,(H,14,15). The van der Waals surface area contributed by atoms with E-state index in [9.17, 15) is 4.79 Å². The lowest BCUT2D eigenvalue weighted by Gasteiger charge is -2.10. The lowest BCUT2D eigenvalue weighted by molar-refractivity contribution is -0.139. The van der Waals surface area contributed by atoms with E-state index in [0.29, 0.717) is 0 Å². The Labute approximate surface area is 87.3 Å². The molecule has 1 unspecified atom stereocenters. The Morgan fingerprint density at radius 2 is 2.13 bits per heavy atom. The number of carboxylic acid groups (broad SMARTS) is 1. The van der Waals surface area contributed by atoms with Crippen LogP contribution in [0.25, 0.3) is 10.9 Å². The average Bonchev–Trinajstić information content (AvgIpc) is 2.63. The third-order valence-electron chi connectivity index (χ3n) is 2.41. The maximum Gasteiger partial charge on any atom is 0.330 e. The molecule has 3 nitrogen and oxygen atoms in total. The molecule has 3 heteroatoms. The van der Waals surface area contributed by atoms with Crippen LogP contribution in [-0.4, -0.2) is 15.6 Å². The lowest BCUT2D eigenvalue weighted by Crippen LogP contribution is -2.15. The number of aliphatic carboxylic acids is 1. The first kappa shape index (κ1) is 9.52. The van der Waals surface area contributed by atoms with Crippen molar-refractivity contribution < 1.29 is 9.90 Å². The van der Waals surface area contributed by atoms with E-state index in [4.69, 9.17) is 5.11 Å². The van der Waals surface area contributed by atoms with Gasteiger partial charge in [0.2, 0.25) is 0 Å². The molecule has 1 aromatic heterocycles. The fourth-order valence-corrected chi connectivity index (χ4v) is 1.68. The normalized spacial score (nSPS) is 12.5. The van der Waals surface area contributed by atoms with Gasteiger partial charge in [0.15, 0.2) is 0 Å². The van der Waals surface area contributed by atoms with Gasteiger partial charge in [-0.15, -0.1) is 6.58 Å². The fourth-order valence-electron chi connectivity index (χ4n) is 1.68. The summed E-state index contributed by atoms with van der Waals surface area (Å²) < 4.78 is 1.70. The molecule has 0 fully saturated rings. The number of para-hydroxylation sites is 1. The minimum absolute atomic E-state index is 0.704. The van der Waals surface area contributed by atoms with Crippen molar-refractivity contribution in [2.75, 3.05) is 0 Å². The van der Waals surface area contributed by atoms with E-state index in [1.54, 1.807) is 10.8 Å². The van der Waals surface area contributed by atoms with Crippen LogP contribution in [0.15, 0.2) is 49.2 Å². The van der Waals surface area contributed by atoms with Crippen molar-refractivity contribution in [1.29, 1.82) is 0 Å². The van der Waals surface area contributed by atoms with Gasteiger partial charge in [-0.05, 0) is 17.5 Å². The molecule has 0 bridgehead atoms. The van der Waals surface area contributed by atoms with E-state index >= 15 is 0 Å². The van der Waals surface area contributed by atoms with Gasteiger partial charge in [0.05, 0.1) is 0 Å². The predicted octanol–water partition coefficient (Wildman–Crippen LogP) is 2.45. The number of aromatic nitrogens is 1. The van der Waals surface area contributed by atoms with E-state index in [1.165, 1.54) is 6.08 Å². The predicted molar refractivity (Wildman–Crippen MR) is 58.8 cm³/mol. The second-order valence-electron chi connectivity index (χ2n) is 3.30. The lowest BCUT2D eigenvalue weighted by atomic mass is 10.2. The summed E-state index contributed by atoms with van der Waals surface area (Å²) in [5.41, 5.74) is 0.907. The molecule has 2 rings (SSSR count). The summed E-state index contributed by atoms with van der Waals surface area (Å²) in [6.07, 6.45) is 3.19. The zero-order valence-electron chi connectivity index (χ0n) is 8.13. The van der Waals surface area contributed by atoms with Crippen molar-refractivity contribution in [1.82, 2.24) is 4.57 Å². The Hall–Kier alpha value is -2.03. The maximum atomic E-state index is 11.0. The molecule has 15 heavy (non-hydrogen) atoms. The van der Waals surface area contributed by atoms with Gasteiger partial charge in [-0.3, -0.25) is 0 Å². The Kier molecular flexibility index (Phi) is 2.29. The molecular weight excluding hydrogens is 190 g/mol. The van der Waals surface area contributed by atoms with Gasteiger partial charge in [-0.2, -0.15) is 0 Å². The smallest absolute Gasteiger partial charge is 0.330 e. The minimum Gasteiger partial charge on any atom is -0.479 e. The highest BCUT2D eigenvalue weighted by molar-refractivity contribution is 5.83. The molecule has 0 aliphatic rings. The molecule has 0 saturated carbocycles. The first-order valence-electron chi connectivity index (χ1n) is 4.65. The largest absolute Gasteiger partial charge is 0.479 e. The van der Waals surface area contributed by atoms with E-state index in [1.807, 2.05) is 30.3 Å².